The SMILES string of the molecule is CC1CCCC(n2c(CCl)nc3cc(Cl)cnc32)CC1. The molecule has 0 radical (unpaired) electrons. The summed E-state index contributed by atoms with van der Waals surface area (Å²) in [7, 11) is 0. The van der Waals surface area contributed by atoms with Gasteiger partial charge in [-0.2, -0.15) is 0 Å². The first-order valence-electron chi connectivity index (χ1n) is 7.27. The Labute approximate surface area is 129 Å². The molecule has 0 saturated heterocycles. The first-order chi connectivity index (χ1) is 9.69. The van der Waals surface area contributed by atoms with Crippen LogP contribution in [0.15, 0.2) is 12.3 Å². The number of hydrogen-bond acceptors (Lipinski definition) is 2. The van der Waals surface area contributed by atoms with Crippen molar-refractivity contribution in [3.63, 3.8) is 0 Å². The van der Waals surface area contributed by atoms with E-state index in [1.807, 2.05) is 6.07 Å². The summed E-state index contributed by atoms with van der Waals surface area (Å²) in [6.45, 7) is 2.34. The molecule has 2 unspecified atom stereocenters. The number of nitrogens with zero attached hydrogens (tertiary/aromatic N) is 3. The second-order valence-corrected chi connectivity index (χ2v) is 6.50. The van der Waals surface area contributed by atoms with E-state index in [1.165, 1.54) is 32.1 Å². The Bertz CT molecular complexity index is 608. The molecule has 0 aromatic carbocycles. The normalized spacial score (nSPS) is 23.9. The van der Waals surface area contributed by atoms with Crippen molar-refractivity contribution in [1.29, 1.82) is 0 Å². The van der Waals surface area contributed by atoms with E-state index in [0.29, 0.717) is 16.9 Å². The molecule has 0 amide bonds. The van der Waals surface area contributed by atoms with E-state index in [4.69, 9.17) is 23.2 Å². The number of rotatable bonds is 2. The Morgan fingerprint density at radius 1 is 1.30 bits per heavy atom. The van der Waals surface area contributed by atoms with Crippen LogP contribution in [0.1, 0.15) is 50.9 Å². The minimum absolute atomic E-state index is 0.417. The smallest absolute Gasteiger partial charge is 0.160 e. The summed E-state index contributed by atoms with van der Waals surface area (Å²) >= 11 is 12.1. The molecular weight excluding hydrogens is 293 g/mol. The van der Waals surface area contributed by atoms with Crippen LogP contribution in [0.2, 0.25) is 5.02 Å². The zero-order valence-electron chi connectivity index (χ0n) is 11.6. The van der Waals surface area contributed by atoms with Crippen LogP contribution in [-0.4, -0.2) is 14.5 Å². The number of fused-ring (bicyclic) bond motifs is 1. The van der Waals surface area contributed by atoms with Gasteiger partial charge in [-0.25, -0.2) is 9.97 Å². The van der Waals surface area contributed by atoms with E-state index in [-0.39, 0.29) is 0 Å². The van der Waals surface area contributed by atoms with Gasteiger partial charge < -0.3 is 4.57 Å². The molecule has 0 spiro atoms. The van der Waals surface area contributed by atoms with Crippen molar-refractivity contribution in [3.8, 4) is 0 Å². The summed E-state index contributed by atoms with van der Waals surface area (Å²) in [6.07, 6.45) is 7.91. The molecule has 1 saturated carbocycles. The average Bonchev–Trinajstić information content (AvgIpc) is 2.66. The number of hydrogen-bond donors (Lipinski definition) is 0. The van der Waals surface area contributed by atoms with Crippen LogP contribution in [0.5, 0.6) is 0 Å². The third-order valence-corrected chi connectivity index (χ3v) is 4.73. The zero-order chi connectivity index (χ0) is 14.1. The zero-order valence-corrected chi connectivity index (χ0v) is 13.2. The molecule has 20 heavy (non-hydrogen) atoms. The number of pyridine rings is 1. The van der Waals surface area contributed by atoms with Crippen molar-refractivity contribution in [2.45, 2.75) is 50.9 Å². The van der Waals surface area contributed by atoms with Crippen molar-refractivity contribution in [2.75, 3.05) is 0 Å². The molecule has 1 fully saturated rings. The lowest BCUT2D eigenvalue weighted by molar-refractivity contribution is 0.432. The number of halogens is 2. The molecule has 2 atom stereocenters. The van der Waals surface area contributed by atoms with Crippen LogP contribution in [0.3, 0.4) is 0 Å². The molecule has 2 aromatic heterocycles. The van der Waals surface area contributed by atoms with Crippen LogP contribution < -0.4 is 0 Å². The van der Waals surface area contributed by atoms with Gasteiger partial charge >= 0.3 is 0 Å². The van der Waals surface area contributed by atoms with Gasteiger partial charge in [-0.1, -0.05) is 31.4 Å². The van der Waals surface area contributed by atoms with Gasteiger partial charge in [0, 0.05) is 12.2 Å². The van der Waals surface area contributed by atoms with Crippen LogP contribution >= 0.6 is 23.2 Å². The van der Waals surface area contributed by atoms with E-state index < -0.39 is 0 Å². The maximum absolute atomic E-state index is 6.09. The predicted molar refractivity (Wildman–Crippen MR) is 83.4 cm³/mol. The van der Waals surface area contributed by atoms with Crippen molar-refractivity contribution in [3.05, 3.63) is 23.1 Å². The van der Waals surface area contributed by atoms with E-state index in [1.54, 1.807) is 6.20 Å². The highest BCUT2D eigenvalue weighted by Gasteiger charge is 2.22. The summed E-state index contributed by atoms with van der Waals surface area (Å²) in [5.41, 5.74) is 1.77. The van der Waals surface area contributed by atoms with E-state index in [2.05, 4.69) is 21.5 Å². The summed E-state index contributed by atoms with van der Waals surface area (Å²) in [5.74, 6) is 2.15. The summed E-state index contributed by atoms with van der Waals surface area (Å²) in [4.78, 5) is 9.08. The maximum Gasteiger partial charge on any atom is 0.160 e. The molecule has 0 aliphatic heterocycles. The van der Waals surface area contributed by atoms with Gasteiger partial charge in [-0.15, -0.1) is 11.6 Å². The average molecular weight is 312 g/mol. The summed E-state index contributed by atoms with van der Waals surface area (Å²) in [6, 6.07) is 2.34. The van der Waals surface area contributed by atoms with Gasteiger partial charge in [0.15, 0.2) is 5.65 Å². The van der Waals surface area contributed by atoms with Gasteiger partial charge in [0.05, 0.1) is 10.9 Å². The third-order valence-electron chi connectivity index (χ3n) is 4.28. The van der Waals surface area contributed by atoms with Gasteiger partial charge in [-0.05, 0) is 31.2 Å². The van der Waals surface area contributed by atoms with E-state index in [0.717, 1.165) is 22.9 Å². The number of imidazole rings is 1. The van der Waals surface area contributed by atoms with Gasteiger partial charge in [0.1, 0.15) is 11.3 Å². The monoisotopic (exact) mass is 311 g/mol. The predicted octanol–water partition coefficient (Wildman–Crippen LogP) is 4.96. The topological polar surface area (TPSA) is 30.7 Å². The molecular formula is C15H19Cl2N3. The van der Waals surface area contributed by atoms with Crippen molar-refractivity contribution in [2.24, 2.45) is 5.92 Å². The van der Waals surface area contributed by atoms with Gasteiger partial charge in [0.25, 0.3) is 0 Å². The van der Waals surface area contributed by atoms with Crippen LogP contribution in [0, 0.1) is 5.92 Å². The highest BCUT2D eigenvalue weighted by molar-refractivity contribution is 6.31. The molecule has 3 nitrogen and oxygen atoms in total. The molecule has 108 valence electrons. The van der Waals surface area contributed by atoms with Crippen LogP contribution in [0.25, 0.3) is 11.2 Å². The summed E-state index contributed by atoms with van der Waals surface area (Å²) in [5, 5.41) is 0.623. The lowest BCUT2D eigenvalue weighted by Crippen LogP contribution is -2.12. The first-order valence-corrected chi connectivity index (χ1v) is 8.18. The highest BCUT2D eigenvalue weighted by atomic mass is 35.5. The van der Waals surface area contributed by atoms with Gasteiger partial charge in [0.2, 0.25) is 0 Å². The minimum atomic E-state index is 0.417. The number of aromatic nitrogens is 3. The second-order valence-electron chi connectivity index (χ2n) is 5.80. The lowest BCUT2D eigenvalue weighted by Gasteiger charge is -2.19. The molecule has 3 rings (SSSR count). The third kappa shape index (κ3) is 2.66. The van der Waals surface area contributed by atoms with Crippen LogP contribution in [0.4, 0.5) is 0 Å². The Kier molecular flexibility index (Phi) is 4.18. The number of alkyl halides is 1. The molecule has 0 N–H and O–H groups in total. The van der Waals surface area contributed by atoms with Crippen LogP contribution in [-0.2, 0) is 5.88 Å². The maximum atomic E-state index is 6.09. The van der Waals surface area contributed by atoms with Crippen molar-refractivity contribution < 1.29 is 0 Å². The molecule has 0 bridgehead atoms. The van der Waals surface area contributed by atoms with E-state index in [9.17, 15) is 0 Å². The Hall–Kier alpha value is -0.800. The molecule has 1 aliphatic carbocycles. The minimum Gasteiger partial charge on any atom is -0.309 e. The van der Waals surface area contributed by atoms with E-state index >= 15 is 0 Å². The Balaban J connectivity index is 2.04. The highest BCUT2D eigenvalue weighted by Crippen LogP contribution is 2.33. The van der Waals surface area contributed by atoms with Gasteiger partial charge in [-0.3, -0.25) is 0 Å². The Morgan fingerprint density at radius 2 is 2.15 bits per heavy atom. The molecule has 2 heterocycles. The fourth-order valence-corrected chi connectivity index (χ4v) is 3.55. The fourth-order valence-electron chi connectivity index (χ4n) is 3.21. The quantitative estimate of drug-likeness (QED) is 0.579. The van der Waals surface area contributed by atoms with Crippen molar-refractivity contribution in [1.82, 2.24) is 14.5 Å². The Morgan fingerprint density at radius 3 is 2.95 bits per heavy atom. The fraction of sp³-hybridized carbons (Fsp3) is 0.600. The molecule has 1 aliphatic rings. The lowest BCUT2D eigenvalue weighted by atomic mass is 10.0. The summed E-state index contributed by atoms with van der Waals surface area (Å²) < 4.78 is 2.25. The standard InChI is InChI=1S/C15H19Cl2N3/c1-10-3-2-4-12(6-5-10)20-14(8-16)19-13-7-11(17)9-18-15(13)20/h7,9-10,12H,2-6,8H2,1H3. The molecule has 2 aromatic rings. The second kappa shape index (κ2) is 5.90. The van der Waals surface area contributed by atoms with Crippen molar-refractivity contribution >= 4 is 34.4 Å². The molecule has 5 heteroatoms. The first kappa shape index (κ1) is 14.2. The largest absolute Gasteiger partial charge is 0.309 e.